The fourth-order valence-electron chi connectivity index (χ4n) is 2.85. The molecule has 1 N–H and O–H groups in total. The van der Waals surface area contributed by atoms with Gasteiger partial charge in [0.2, 0.25) is 0 Å². The van der Waals surface area contributed by atoms with Gasteiger partial charge in [0, 0.05) is 6.54 Å². The van der Waals surface area contributed by atoms with E-state index in [0.29, 0.717) is 6.61 Å². The SMILES string of the molecule is CCCCCCCCC1CCN(CCO)CC1.Cl. The summed E-state index contributed by atoms with van der Waals surface area (Å²) in [6.45, 7) is 5.90. The van der Waals surface area contributed by atoms with E-state index in [4.69, 9.17) is 5.11 Å². The summed E-state index contributed by atoms with van der Waals surface area (Å²) in [6, 6.07) is 0. The number of rotatable bonds is 9. The number of aliphatic hydroxyl groups excluding tert-OH is 1. The lowest BCUT2D eigenvalue weighted by Crippen LogP contribution is -2.35. The third-order valence-electron chi connectivity index (χ3n) is 4.09. The molecule has 1 rings (SSSR count). The van der Waals surface area contributed by atoms with Gasteiger partial charge in [0.25, 0.3) is 0 Å². The first-order valence-electron chi connectivity index (χ1n) is 7.70. The van der Waals surface area contributed by atoms with Crippen molar-refractivity contribution in [3.05, 3.63) is 0 Å². The number of hydrogen-bond acceptors (Lipinski definition) is 2. The highest BCUT2D eigenvalue weighted by Gasteiger charge is 2.17. The number of halogens is 1. The van der Waals surface area contributed by atoms with Crippen molar-refractivity contribution in [3.8, 4) is 0 Å². The van der Waals surface area contributed by atoms with Crippen LogP contribution >= 0.6 is 12.4 Å². The van der Waals surface area contributed by atoms with E-state index in [2.05, 4.69) is 11.8 Å². The van der Waals surface area contributed by atoms with Crippen LogP contribution in [0.15, 0.2) is 0 Å². The summed E-state index contributed by atoms with van der Waals surface area (Å²) in [5.74, 6) is 0.969. The van der Waals surface area contributed by atoms with Gasteiger partial charge >= 0.3 is 0 Å². The topological polar surface area (TPSA) is 23.5 Å². The monoisotopic (exact) mass is 277 g/mol. The summed E-state index contributed by atoms with van der Waals surface area (Å²) in [4.78, 5) is 2.40. The van der Waals surface area contributed by atoms with E-state index in [0.717, 1.165) is 12.5 Å². The van der Waals surface area contributed by atoms with Crippen molar-refractivity contribution in [2.24, 2.45) is 5.92 Å². The van der Waals surface area contributed by atoms with Gasteiger partial charge in [-0.15, -0.1) is 12.4 Å². The van der Waals surface area contributed by atoms with Crippen LogP contribution in [0.3, 0.4) is 0 Å². The molecule has 0 aromatic heterocycles. The number of aliphatic hydroxyl groups is 1. The number of likely N-dealkylation sites (tertiary alicyclic amines) is 1. The minimum Gasteiger partial charge on any atom is -0.395 e. The lowest BCUT2D eigenvalue weighted by atomic mass is 9.91. The van der Waals surface area contributed by atoms with Crippen LogP contribution in [-0.4, -0.2) is 36.2 Å². The molecule has 1 heterocycles. The Morgan fingerprint density at radius 2 is 1.61 bits per heavy atom. The average molecular weight is 278 g/mol. The van der Waals surface area contributed by atoms with E-state index < -0.39 is 0 Å². The second-order valence-corrected chi connectivity index (χ2v) is 5.57. The molecule has 0 aromatic carbocycles. The third kappa shape index (κ3) is 8.34. The first-order valence-corrected chi connectivity index (χ1v) is 7.70. The molecule has 0 bridgehead atoms. The van der Waals surface area contributed by atoms with Gasteiger partial charge in [0.05, 0.1) is 6.61 Å². The normalized spacial score (nSPS) is 17.7. The predicted octanol–water partition coefficient (Wildman–Crippen LogP) is 3.86. The fraction of sp³-hybridized carbons (Fsp3) is 1.00. The quantitative estimate of drug-likeness (QED) is 0.647. The molecule has 0 unspecified atom stereocenters. The van der Waals surface area contributed by atoms with Crippen LogP contribution < -0.4 is 0 Å². The molecule has 0 spiro atoms. The molecule has 0 aromatic rings. The third-order valence-corrected chi connectivity index (χ3v) is 4.09. The van der Waals surface area contributed by atoms with Crippen molar-refractivity contribution in [1.82, 2.24) is 4.90 Å². The van der Waals surface area contributed by atoms with Gasteiger partial charge in [-0.1, -0.05) is 51.9 Å². The van der Waals surface area contributed by atoms with Crippen LogP contribution in [0.2, 0.25) is 0 Å². The molecule has 110 valence electrons. The smallest absolute Gasteiger partial charge is 0.0558 e. The van der Waals surface area contributed by atoms with Gasteiger partial charge in [0.15, 0.2) is 0 Å². The summed E-state index contributed by atoms with van der Waals surface area (Å²) in [5, 5.41) is 8.89. The molecule has 0 amide bonds. The maximum atomic E-state index is 8.89. The Morgan fingerprint density at radius 3 is 2.22 bits per heavy atom. The van der Waals surface area contributed by atoms with Crippen LogP contribution in [0, 0.1) is 5.92 Å². The summed E-state index contributed by atoms with van der Waals surface area (Å²) in [6.07, 6.45) is 12.7. The highest BCUT2D eigenvalue weighted by atomic mass is 35.5. The Bertz CT molecular complexity index is 170. The van der Waals surface area contributed by atoms with Crippen molar-refractivity contribution in [2.45, 2.75) is 64.7 Å². The highest BCUT2D eigenvalue weighted by molar-refractivity contribution is 5.85. The molecular formula is C15H32ClNO. The number of β-amino-alcohol motifs (C(OH)–C–C–N with tert-alkyl or cyclic N) is 1. The standard InChI is InChI=1S/C15H31NO.ClH/c1-2-3-4-5-6-7-8-15-9-11-16(12-10-15)13-14-17;/h15,17H,2-14H2,1H3;1H. The molecule has 1 aliphatic rings. The van der Waals surface area contributed by atoms with E-state index in [9.17, 15) is 0 Å². The average Bonchev–Trinajstić information content (AvgIpc) is 2.36. The van der Waals surface area contributed by atoms with Gasteiger partial charge in [-0.25, -0.2) is 0 Å². The molecule has 3 heteroatoms. The minimum absolute atomic E-state index is 0. The van der Waals surface area contributed by atoms with E-state index in [1.165, 1.54) is 70.9 Å². The molecule has 2 nitrogen and oxygen atoms in total. The largest absolute Gasteiger partial charge is 0.395 e. The van der Waals surface area contributed by atoms with Crippen LogP contribution in [0.25, 0.3) is 0 Å². The molecule has 1 saturated heterocycles. The molecule has 0 saturated carbocycles. The molecule has 1 fully saturated rings. The summed E-state index contributed by atoms with van der Waals surface area (Å²) in [5.41, 5.74) is 0. The maximum absolute atomic E-state index is 8.89. The summed E-state index contributed by atoms with van der Waals surface area (Å²) in [7, 11) is 0. The van der Waals surface area contributed by atoms with Gasteiger partial charge in [-0.3, -0.25) is 0 Å². The van der Waals surface area contributed by atoms with Crippen molar-refractivity contribution in [1.29, 1.82) is 0 Å². The number of piperidine rings is 1. The minimum atomic E-state index is 0. The maximum Gasteiger partial charge on any atom is 0.0558 e. The molecule has 0 aliphatic carbocycles. The van der Waals surface area contributed by atoms with E-state index in [-0.39, 0.29) is 12.4 Å². The van der Waals surface area contributed by atoms with Crippen LogP contribution in [0.4, 0.5) is 0 Å². The Balaban J connectivity index is 0.00000289. The number of nitrogens with zero attached hydrogens (tertiary/aromatic N) is 1. The Morgan fingerprint density at radius 1 is 1.00 bits per heavy atom. The zero-order valence-corrected chi connectivity index (χ0v) is 12.9. The first kappa shape index (κ1) is 18.2. The van der Waals surface area contributed by atoms with Crippen molar-refractivity contribution in [3.63, 3.8) is 0 Å². The second-order valence-electron chi connectivity index (χ2n) is 5.57. The molecule has 18 heavy (non-hydrogen) atoms. The Hall–Kier alpha value is 0.210. The van der Waals surface area contributed by atoms with Crippen LogP contribution in [0.1, 0.15) is 64.7 Å². The molecule has 0 radical (unpaired) electrons. The molecule has 1 aliphatic heterocycles. The Labute approximate surface area is 120 Å². The Kier molecular flexibility index (Phi) is 12.4. The fourth-order valence-corrected chi connectivity index (χ4v) is 2.85. The summed E-state index contributed by atoms with van der Waals surface area (Å²) >= 11 is 0. The highest BCUT2D eigenvalue weighted by Crippen LogP contribution is 2.23. The van der Waals surface area contributed by atoms with Crippen LogP contribution in [0.5, 0.6) is 0 Å². The zero-order valence-electron chi connectivity index (χ0n) is 12.1. The van der Waals surface area contributed by atoms with E-state index in [1.54, 1.807) is 0 Å². The van der Waals surface area contributed by atoms with Crippen LogP contribution in [-0.2, 0) is 0 Å². The predicted molar refractivity (Wildman–Crippen MR) is 81.5 cm³/mol. The van der Waals surface area contributed by atoms with Gasteiger partial charge in [-0.2, -0.15) is 0 Å². The van der Waals surface area contributed by atoms with Crippen molar-refractivity contribution in [2.75, 3.05) is 26.2 Å². The number of hydrogen-bond donors (Lipinski definition) is 1. The van der Waals surface area contributed by atoms with Gasteiger partial charge in [0.1, 0.15) is 0 Å². The summed E-state index contributed by atoms with van der Waals surface area (Å²) < 4.78 is 0. The lowest BCUT2D eigenvalue weighted by Gasteiger charge is -2.31. The molecular weight excluding hydrogens is 246 g/mol. The van der Waals surface area contributed by atoms with Gasteiger partial charge in [-0.05, 0) is 31.8 Å². The van der Waals surface area contributed by atoms with Crippen molar-refractivity contribution >= 4 is 12.4 Å². The van der Waals surface area contributed by atoms with Gasteiger partial charge < -0.3 is 10.0 Å². The number of unbranched alkanes of at least 4 members (excludes halogenated alkanes) is 5. The molecule has 0 atom stereocenters. The zero-order chi connectivity index (χ0) is 12.3. The second kappa shape index (κ2) is 12.3. The first-order chi connectivity index (χ1) is 8.36. The van der Waals surface area contributed by atoms with Crippen molar-refractivity contribution < 1.29 is 5.11 Å². The lowest BCUT2D eigenvalue weighted by molar-refractivity contribution is 0.143. The van der Waals surface area contributed by atoms with E-state index in [1.807, 2.05) is 0 Å². The van der Waals surface area contributed by atoms with E-state index >= 15 is 0 Å².